The lowest BCUT2D eigenvalue weighted by Gasteiger charge is -2.30. The molecule has 0 saturated carbocycles. The predicted molar refractivity (Wildman–Crippen MR) is 106 cm³/mol. The molecule has 1 aromatic heterocycles. The van der Waals surface area contributed by atoms with E-state index in [4.69, 9.17) is 0 Å². The lowest BCUT2D eigenvalue weighted by Crippen LogP contribution is -2.44. The summed E-state index contributed by atoms with van der Waals surface area (Å²) in [5.74, 6) is -0.929. The number of likely N-dealkylation sites (N-methyl/N-ethyl adjacent to an activating group) is 1. The number of carbonyl (C=O) groups is 3. The zero-order chi connectivity index (χ0) is 20.9. The molecular weight excluding hydrogens is 370 g/mol. The number of amides is 3. The Morgan fingerprint density at radius 2 is 1.97 bits per heavy atom. The Bertz CT molecular complexity index is 872. The van der Waals surface area contributed by atoms with Gasteiger partial charge in [0, 0.05) is 38.3 Å². The number of imide groups is 1. The molecule has 0 aliphatic carbocycles. The molecule has 3 amide bonds. The summed E-state index contributed by atoms with van der Waals surface area (Å²) in [6.07, 6.45) is 3.08. The molecule has 2 aromatic rings. The van der Waals surface area contributed by atoms with E-state index in [2.05, 4.69) is 4.98 Å². The third-order valence-corrected chi connectivity index (χ3v) is 5.36. The zero-order valence-corrected chi connectivity index (χ0v) is 16.5. The van der Waals surface area contributed by atoms with Crippen molar-refractivity contribution < 1.29 is 19.5 Å². The number of pyridine rings is 1. The van der Waals surface area contributed by atoms with Crippen molar-refractivity contribution >= 4 is 17.7 Å². The van der Waals surface area contributed by atoms with Gasteiger partial charge in [0.2, 0.25) is 17.7 Å². The molecule has 152 valence electrons. The van der Waals surface area contributed by atoms with Crippen molar-refractivity contribution in [1.82, 2.24) is 14.8 Å². The average Bonchev–Trinajstić information content (AvgIpc) is 2.98. The Labute approximate surface area is 170 Å². The molecule has 7 nitrogen and oxygen atoms in total. The highest BCUT2D eigenvalue weighted by atomic mass is 16.3. The number of likely N-dealkylation sites (tertiary alicyclic amines) is 1. The third-order valence-electron chi connectivity index (χ3n) is 5.36. The van der Waals surface area contributed by atoms with E-state index in [1.807, 2.05) is 13.0 Å². The quantitative estimate of drug-likeness (QED) is 0.684. The minimum Gasteiger partial charge on any atom is -0.395 e. The largest absolute Gasteiger partial charge is 0.395 e. The van der Waals surface area contributed by atoms with Crippen molar-refractivity contribution in [3.63, 3.8) is 0 Å². The standard InChI is InChI=1S/C22H25N3O4/c1-2-24(11-12-26)19(27)13-22(18-8-4-3-5-9-18)14-20(28)25(21(22)29)16-17-7-6-10-23-15-17/h3-10,15,26H,2,11-14,16H2,1H3/t22-/m1/s1. The number of hydrogen-bond donors (Lipinski definition) is 1. The smallest absolute Gasteiger partial charge is 0.241 e. The molecule has 1 N–H and O–H groups in total. The number of nitrogens with zero attached hydrogens (tertiary/aromatic N) is 3. The Morgan fingerprint density at radius 1 is 1.21 bits per heavy atom. The second kappa shape index (κ2) is 8.96. The van der Waals surface area contributed by atoms with E-state index in [1.54, 1.807) is 48.8 Å². The monoisotopic (exact) mass is 395 g/mol. The number of benzene rings is 1. The first-order valence-electron chi connectivity index (χ1n) is 9.69. The molecule has 1 atom stereocenters. The Kier molecular flexibility index (Phi) is 6.39. The fraction of sp³-hybridized carbons (Fsp3) is 0.364. The van der Waals surface area contributed by atoms with Crippen LogP contribution in [-0.4, -0.2) is 57.3 Å². The van der Waals surface area contributed by atoms with Gasteiger partial charge in [-0.05, 0) is 24.1 Å². The number of hydrogen-bond acceptors (Lipinski definition) is 5. The van der Waals surface area contributed by atoms with Crippen LogP contribution in [0.3, 0.4) is 0 Å². The van der Waals surface area contributed by atoms with Gasteiger partial charge in [0.25, 0.3) is 0 Å². The molecule has 0 bridgehead atoms. The van der Waals surface area contributed by atoms with E-state index < -0.39 is 5.41 Å². The number of aliphatic hydroxyl groups excluding tert-OH is 1. The van der Waals surface area contributed by atoms with E-state index in [0.717, 1.165) is 5.56 Å². The second-order valence-electron chi connectivity index (χ2n) is 7.15. The highest BCUT2D eigenvalue weighted by molar-refractivity contribution is 6.10. The fourth-order valence-corrected chi connectivity index (χ4v) is 3.81. The van der Waals surface area contributed by atoms with Crippen LogP contribution in [0, 0.1) is 0 Å². The van der Waals surface area contributed by atoms with E-state index in [9.17, 15) is 19.5 Å². The second-order valence-corrected chi connectivity index (χ2v) is 7.15. The van der Waals surface area contributed by atoms with Crippen LogP contribution in [-0.2, 0) is 26.3 Å². The first-order valence-corrected chi connectivity index (χ1v) is 9.69. The van der Waals surface area contributed by atoms with Gasteiger partial charge in [-0.3, -0.25) is 24.3 Å². The molecule has 3 rings (SSSR count). The number of carbonyl (C=O) groups excluding carboxylic acids is 3. The molecule has 1 aliphatic rings. The van der Waals surface area contributed by atoms with Crippen molar-refractivity contribution in [2.24, 2.45) is 0 Å². The van der Waals surface area contributed by atoms with Crippen molar-refractivity contribution in [2.75, 3.05) is 19.7 Å². The van der Waals surface area contributed by atoms with Gasteiger partial charge < -0.3 is 10.0 Å². The molecule has 29 heavy (non-hydrogen) atoms. The fourth-order valence-electron chi connectivity index (χ4n) is 3.81. The van der Waals surface area contributed by atoms with Crippen LogP contribution in [0.15, 0.2) is 54.9 Å². The first kappa shape index (κ1) is 20.7. The molecule has 7 heteroatoms. The summed E-state index contributed by atoms with van der Waals surface area (Å²) in [7, 11) is 0. The predicted octanol–water partition coefficient (Wildman–Crippen LogP) is 1.51. The number of rotatable bonds is 8. The molecule has 1 fully saturated rings. The Hall–Kier alpha value is -3.06. The van der Waals surface area contributed by atoms with Gasteiger partial charge in [0.05, 0.1) is 18.6 Å². The third kappa shape index (κ3) is 4.19. The van der Waals surface area contributed by atoms with Gasteiger partial charge in [0.15, 0.2) is 0 Å². The summed E-state index contributed by atoms with van der Waals surface area (Å²) in [4.78, 5) is 46.1. The van der Waals surface area contributed by atoms with Crippen molar-refractivity contribution in [3.8, 4) is 0 Å². The number of aromatic nitrogens is 1. The van der Waals surface area contributed by atoms with Crippen LogP contribution in [0.2, 0.25) is 0 Å². The minimum atomic E-state index is -1.24. The maximum absolute atomic E-state index is 13.5. The van der Waals surface area contributed by atoms with Crippen molar-refractivity contribution in [3.05, 3.63) is 66.0 Å². The highest BCUT2D eigenvalue weighted by Crippen LogP contribution is 2.40. The molecule has 1 aromatic carbocycles. The molecule has 0 unspecified atom stereocenters. The minimum absolute atomic E-state index is 0.0570. The topological polar surface area (TPSA) is 90.8 Å². The molecule has 0 radical (unpaired) electrons. The molecule has 2 heterocycles. The summed E-state index contributed by atoms with van der Waals surface area (Å²) >= 11 is 0. The van der Waals surface area contributed by atoms with Crippen molar-refractivity contribution in [1.29, 1.82) is 0 Å². The SMILES string of the molecule is CCN(CCO)C(=O)C[C@]1(c2ccccc2)CC(=O)N(Cc2cccnc2)C1=O. The van der Waals surface area contributed by atoms with E-state index in [1.165, 1.54) is 9.80 Å². The van der Waals surface area contributed by atoms with Gasteiger partial charge in [-0.25, -0.2) is 0 Å². The molecule has 1 saturated heterocycles. The molecule has 1 aliphatic heterocycles. The summed E-state index contributed by atoms with van der Waals surface area (Å²) in [5, 5.41) is 9.23. The van der Waals surface area contributed by atoms with Crippen LogP contribution >= 0.6 is 0 Å². The highest BCUT2D eigenvalue weighted by Gasteiger charge is 2.53. The summed E-state index contributed by atoms with van der Waals surface area (Å²) < 4.78 is 0. The van der Waals surface area contributed by atoms with E-state index >= 15 is 0 Å². The van der Waals surface area contributed by atoms with Crippen molar-refractivity contribution in [2.45, 2.75) is 31.7 Å². The van der Waals surface area contributed by atoms with Crippen LogP contribution in [0.5, 0.6) is 0 Å². The average molecular weight is 395 g/mol. The lowest BCUT2D eigenvalue weighted by molar-refractivity contribution is -0.143. The number of aliphatic hydroxyl groups is 1. The summed E-state index contributed by atoms with van der Waals surface area (Å²) in [6.45, 7) is 2.41. The summed E-state index contributed by atoms with van der Waals surface area (Å²) in [6, 6.07) is 12.6. The molecular formula is C22H25N3O4. The maximum Gasteiger partial charge on any atom is 0.241 e. The van der Waals surface area contributed by atoms with Gasteiger partial charge in [0.1, 0.15) is 0 Å². The molecule has 0 spiro atoms. The van der Waals surface area contributed by atoms with Gasteiger partial charge in [-0.1, -0.05) is 36.4 Å². The maximum atomic E-state index is 13.5. The van der Waals surface area contributed by atoms with E-state index in [0.29, 0.717) is 12.1 Å². The summed E-state index contributed by atoms with van der Waals surface area (Å²) in [5.41, 5.74) is 0.167. The van der Waals surface area contributed by atoms with Crippen LogP contribution in [0.4, 0.5) is 0 Å². The first-order chi connectivity index (χ1) is 14.0. The zero-order valence-electron chi connectivity index (χ0n) is 16.5. The Morgan fingerprint density at radius 3 is 2.59 bits per heavy atom. The van der Waals surface area contributed by atoms with Crippen LogP contribution in [0.25, 0.3) is 0 Å². The van der Waals surface area contributed by atoms with Crippen LogP contribution < -0.4 is 0 Å². The van der Waals surface area contributed by atoms with Crippen LogP contribution in [0.1, 0.15) is 30.9 Å². The van der Waals surface area contributed by atoms with Gasteiger partial charge in [-0.2, -0.15) is 0 Å². The Balaban J connectivity index is 1.95. The van der Waals surface area contributed by atoms with Gasteiger partial charge in [-0.15, -0.1) is 0 Å². The lowest BCUT2D eigenvalue weighted by atomic mass is 9.75. The van der Waals surface area contributed by atoms with Gasteiger partial charge >= 0.3 is 0 Å². The van der Waals surface area contributed by atoms with E-state index in [-0.39, 0.29) is 50.3 Å². The normalized spacial score (nSPS) is 18.9.